The fourth-order valence-corrected chi connectivity index (χ4v) is 6.58. The fraction of sp³-hybridized carbons (Fsp3) is 0.778. The summed E-state index contributed by atoms with van der Waals surface area (Å²) in [4.78, 5) is 8.82. The van der Waals surface area contributed by atoms with E-state index in [9.17, 15) is 25.9 Å². The molecule has 0 amide bonds. The summed E-state index contributed by atoms with van der Waals surface area (Å²) in [5, 5.41) is 14.9. The van der Waals surface area contributed by atoms with Crippen molar-refractivity contribution in [1.82, 2.24) is 30.4 Å². The number of nitrogens with one attached hydrogen (secondary N) is 2. The SMILES string of the molecule is CC(CC(C)(C)S(=O)(=O)O)Sc1nc(CCc2n[nH]c(SC(C)CC(C)(C)S(=O)(=O)O)n2)n[nH]1.[NaH].[NaH]. The van der Waals surface area contributed by atoms with Gasteiger partial charge in [-0.25, -0.2) is 9.97 Å². The molecule has 2 rings (SSSR count). The summed E-state index contributed by atoms with van der Waals surface area (Å²) in [6.45, 7) is 9.61. The molecule has 12 nitrogen and oxygen atoms in total. The second-order valence-electron chi connectivity index (χ2n) is 9.35. The molecule has 0 saturated heterocycles. The molecule has 2 heterocycles. The van der Waals surface area contributed by atoms with E-state index in [2.05, 4.69) is 30.4 Å². The molecule has 0 aliphatic rings. The van der Waals surface area contributed by atoms with Gasteiger partial charge in [0.2, 0.25) is 0 Å². The first-order valence-corrected chi connectivity index (χ1v) is 15.1. The van der Waals surface area contributed by atoms with Crippen LogP contribution in [0.2, 0.25) is 0 Å². The first-order valence-electron chi connectivity index (χ1n) is 10.5. The Morgan fingerprint density at radius 1 is 0.750 bits per heavy atom. The Morgan fingerprint density at radius 2 is 1.06 bits per heavy atom. The van der Waals surface area contributed by atoms with Crippen molar-refractivity contribution in [2.45, 2.75) is 97.5 Å². The van der Waals surface area contributed by atoms with Crippen molar-refractivity contribution in [1.29, 1.82) is 0 Å². The van der Waals surface area contributed by atoms with E-state index in [1.807, 2.05) is 13.8 Å². The molecule has 2 unspecified atom stereocenters. The van der Waals surface area contributed by atoms with Gasteiger partial charge >= 0.3 is 59.1 Å². The Labute approximate surface area is 265 Å². The van der Waals surface area contributed by atoms with Crippen LogP contribution in [0, 0.1) is 0 Å². The van der Waals surface area contributed by atoms with Gasteiger partial charge in [0.05, 0.1) is 9.49 Å². The van der Waals surface area contributed by atoms with Gasteiger partial charge in [-0.05, 0) is 40.5 Å². The molecule has 0 aliphatic heterocycles. The van der Waals surface area contributed by atoms with Gasteiger partial charge in [0.25, 0.3) is 20.2 Å². The molecule has 36 heavy (non-hydrogen) atoms. The van der Waals surface area contributed by atoms with E-state index < -0.39 is 29.7 Å². The summed E-state index contributed by atoms with van der Waals surface area (Å²) in [5.74, 6) is 1.12. The minimum atomic E-state index is -4.16. The molecular weight excluding hydrogens is 570 g/mol. The number of thioether (sulfide) groups is 2. The molecule has 0 spiro atoms. The zero-order valence-corrected chi connectivity index (χ0v) is 23.2. The van der Waals surface area contributed by atoms with Gasteiger partial charge < -0.3 is 0 Å². The number of aromatic nitrogens is 6. The predicted molar refractivity (Wildman–Crippen MR) is 146 cm³/mol. The van der Waals surface area contributed by atoms with E-state index in [0.29, 0.717) is 34.8 Å². The van der Waals surface area contributed by atoms with Crippen LogP contribution in [0.1, 0.15) is 66.0 Å². The van der Waals surface area contributed by atoms with Crippen LogP contribution >= 0.6 is 23.5 Å². The third-order valence-corrected chi connectivity index (χ3v) is 10.3. The van der Waals surface area contributed by atoms with Gasteiger partial charge in [0.1, 0.15) is 0 Å². The predicted octanol–water partition coefficient (Wildman–Crippen LogP) is 1.49. The molecule has 0 aliphatic carbocycles. The van der Waals surface area contributed by atoms with Crippen LogP contribution in [0.5, 0.6) is 0 Å². The van der Waals surface area contributed by atoms with E-state index in [0.717, 1.165) is 0 Å². The normalized spacial score (nSPS) is 14.6. The maximum absolute atomic E-state index is 11.5. The molecule has 2 aromatic rings. The molecule has 4 N–H and O–H groups in total. The average molecular weight is 605 g/mol. The summed E-state index contributed by atoms with van der Waals surface area (Å²) in [6, 6.07) is 0. The Hall–Kier alpha value is 0.800. The second kappa shape index (κ2) is 14.4. The summed E-state index contributed by atoms with van der Waals surface area (Å²) in [5.41, 5.74) is 0. The summed E-state index contributed by atoms with van der Waals surface area (Å²) < 4.78 is 62.1. The zero-order valence-electron chi connectivity index (χ0n) is 19.9. The Balaban J connectivity index is 0.00000612. The van der Waals surface area contributed by atoms with Crippen molar-refractivity contribution >= 4 is 103 Å². The van der Waals surface area contributed by atoms with Crippen LogP contribution in [0.15, 0.2) is 10.3 Å². The molecule has 2 aromatic heterocycles. The Morgan fingerprint density at radius 3 is 1.33 bits per heavy atom. The van der Waals surface area contributed by atoms with E-state index >= 15 is 0 Å². The van der Waals surface area contributed by atoms with Crippen LogP contribution in [0.3, 0.4) is 0 Å². The number of hydrogen-bond acceptors (Lipinski definition) is 10. The van der Waals surface area contributed by atoms with E-state index in [1.165, 1.54) is 51.2 Å². The van der Waals surface area contributed by atoms with Crippen LogP contribution in [-0.2, 0) is 33.1 Å². The first-order chi connectivity index (χ1) is 15.4. The molecule has 0 saturated carbocycles. The van der Waals surface area contributed by atoms with Gasteiger partial charge in [-0.15, -0.1) is 0 Å². The van der Waals surface area contributed by atoms with E-state index in [1.54, 1.807) is 0 Å². The quantitative estimate of drug-likeness (QED) is 0.146. The number of aromatic amines is 2. The van der Waals surface area contributed by atoms with Crippen molar-refractivity contribution in [3.8, 4) is 0 Å². The Bertz CT molecular complexity index is 1090. The molecule has 198 valence electrons. The van der Waals surface area contributed by atoms with E-state index in [-0.39, 0.29) is 82.5 Å². The number of aryl methyl sites for hydroxylation is 2. The number of nitrogens with zero attached hydrogens (tertiary/aromatic N) is 4. The van der Waals surface area contributed by atoms with Crippen LogP contribution in [-0.4, -0.2) is 135 Å². The molecule has 2 atom stereocenters. The van der Waals surface area contributed by atoms with Crippen LogP contribution in [0.25, 0.3) is 0 Å². The third kappa shape index (κ3) is 11.1. The summed E-state index contributed by atoms with van der Waals surface area (Å²) in [6.07, 6.45) is 1.44. The van der Waals surface area contributed by atoms with Crippen molar-refractivity contribution in [3.05, 3.63) is 11.6 Å². The molecule has 0 aromatic carbocycles. The topological polar surface area (TPSA) is 192 Å². The van der Waals surface area contributed by atoms with Crippen molar-refractivity contribution in [2.75, 3.05) is 0 Å². The first kappa shape index (κ1) is 36.8. The van der Waals surface area contributed by atoms with E-state index in [4.69, 9.17) is 0 Å². The van der Waals surface area contributed by atoms with Gasteiger partial charge in [0.15, 0.2) is 22.0 Å². The van der Waals surface area contributed by atoms with Crippen molar-refractivity contribution in [3.63, 3.8) is 0 Å². The van der Waals surface area contributed by atoms with Crippen LogP contribution in [0.4, 0.5) is 0 Å². The van der Waals surface area contributed by atoms with Gasteiger partial charge in [0, 0.05) is 23.3 Å². The second-order valence-corrected chi connectivity index (χ2v) is 16.3. The summed E-state index contributed by atoms with van der Waals surface area (Å²) in [7, 11) is -8.32. The van der Waals surface area contributed by atoms with Crippen LogP contribution < -0.4 is 0 Å². The van der Waals surface area contributed by atoms with Gasteiger partial charge in [-0.2, -0.15) is 27.0 Å². The number of H-pyrrole nitrogens is 2. The number of rotatable bonds is 13. The standard InChI is InChI=1S/C18H32N6O6S4.2Na.2H/c1-11(9-17(3,4)33(25,26)27)31-15-19-13(21-23-15)7-8-14-20-16(24-22-14)32-12(2)10-18(5,6)34(28,29)30;;;;/h11-12H,7-10H2,1-6H3,(H,19,21,23)(H,20,22,24)(H,25,26,27)(H,28,29,30);;;;. The summed E-state index contributed by atoms with van der Waals surface area (Å²) >= 11 is 2.68. The average Bonchev–Trinajstić information content (AvgIpc) is 3.26. The third-order valence-electron chi connectivity index (χ3n) is 5.17. The Kier molecular flexibility index (Phi) is 14.8. The molecular formula is C18H34N6Na2O6S4. The zero-order chi connectivity index (χ0) is 25.9. The molecule has 0 bridgehead atoms. The maximum atomic E-state index is 11.5. The number of hydrogen-bond donors (Lipinski definition) is 4. The molecule has 18 heteroatoms. The minimum absolute atomic E-state index is 0. The fourth-order valence-electron chi connectivity index (χ4n) is 3.17. The monoisotopic (exact) mass is 604 g/mol. The van der Waals surface area contributed by atoms with Crippen molar-refractivity contribution < 1.29 is 25.9 Å². The molecule has 0 radical (unpaired) electrons. The van der Waals surface area contributed by atoms with Gasteiger partial charge in [-0.3, -0.25) is 19.3 Å². The van der Waals surface area contributed by atoms with Gasteiger partial charge in [-0.1, -0.05) is 37.4 Å². The molecule has 0 fully saturated rings. The van der Waals surface area contributed by atoms with Crippen molar-refractivity contribution in [2.24, 2.45) is 0 Å².